The summed E-state index contributed by atoms with van der Waals surface area (Å²) < 4.78 is 39.7. The number of carbonyl (C=O) groups excluding carboxylic acids is 2. The quantitative estimate of drug-likeness (QED) is 0.237. The van der Waals surface area contributed by atoms with E-state index in [1.54, 1.807) is 48.5 Å². The number of ether oxygens (including phenoxy) is 1. The number of nitrogen functional groups attached to an aromatic ring is 1. The molecule has 0 atom stereocenters. The summed E-state index contributed by atoms with van der Waals surface area (Å²) in [6, 6.07) is 23.1. The molecule has 0 radical (unpaired) electrons. The van der Waals surface area contributed by atoms with Crippen LogP contribution in [0, 0.1) is 0 Å². The summed E-state index contributed by atoms with van der Waals surface area (Å²) in [5.74, 6) is -0.0146. The third-order valence-electron chi connectivity index (χ3n) is 5.57. The van der Waals surface area contributed by atoms with Gasteiger partial charge in [0.05, 0.1) is 22.5 Å². The molecule has 0 bridgehead atoms. The second-order valence-electron chi connectivity index (χ2n) is 7.83. The number of carbonyl (C=O) groups is 2. The Balaban J connectivity index is 1.64. The van der Waals surface area contributed by atoms with E-state index in [4.69, 9.17) is 10.5 Å². The van der Waals surface area contributed by atoms with E-state index < -0.39 is 32.3 Å². The van der Waals surface area contributed by atoms with Crippen LogP contribution in [0.2, 0.25) is 0 Å². The summed E-state index contributed by atoms with van der Waals surface area (Å²) in [6.07, 6.45) is 0. The van der Waals surface area contributed by atoms with Crippen LogP contribution in [0.25, 0.3) is 0 Å². The minimum Gasteiger partial charge on any atom is -0.457 e. The van der Waals surface area contributed by atoms with Gasteiger partial charge in [0, 0.05) is 22.9 Å². The normalized spacial score (nSPS) is 12.6. The van der Waals surface area contributed by atoms with Crippen LogP contribution in [0.5, 0.6) is 11.5 Å². The van der Waals surface area contributed by atoms with Crippen LogP contribution in [0.4, 0.5) is 17.1 Å². The highest BCUT2D eigenvalue weighted by atomic mass is 32.2. The Kier molecular flexibility index (Phi) is 5.35. The SMILES string of the molecule is Nc1c(S(=O)(=O)O)cc(Nc2cccc(Oc3ccccc3)c2)c2c1C(=O)c1ccccc1C2=O. The summed E-state index contributed by atoms with van der Waals surface area (Å²) in [5.41, 5.74) is 5.91. The van der Waals surface area contributed by atoms with Crippen molar-refractivity contribution in [3.8, 4) is 11.5 Å². The fourth-order valence-corrected chi connectivity index (χ4v) is 4.67. The second-order valence-corrected chi connectivity index (χ2v) is 9.22. The van der Waals surface area contributed by atoms with Crippen LogP contribution in [0.3, 0.4) is 0 Å². The van der Waals surface area contributed by atoms with Crippen LogP contribution in [0.15, 0.2) is 89.8 Å². The first-order chi connectivity index (χ1) is 16.7. The Labute approximate surface area is 200 Å². The molecular formula is C26H18N2O6S. The van der Waals surface area contributed by atoms with Crippen LogP contribution in [0.1, 0.15) is 31.8 Å². The molecule has 0 unspecified atom stereocenters. The lowest BCUT2D eigenvalue weighted by Gasteiger charge is -2.23. The number of nitrogens with one attached hydrogen (secondary N) is 1. The average Bonchev–Trinajstić information content (AvgIpc) is 2.83. The minimum atomic E-state index is -4.80. The molecule has 0 saturated carbocycles. The molecule has 0 heterocycles. The van der Waals surface area contributed by atoms with E-state index in [2.05, 4.69) is 5.32 Å². The van der Waals surface area contributed by atoms with Crippen molar-refractivity contribution in [1.29, 1.82) is 0 Å². The molecule has 8 nitrogen and oxygen atoms in total. The number of nitrogens with two attached hydrogens (primary N) is 1. The van der Waals surface area contributed by atoms with Crippen LogP contribution in [-0.4, -0.2) is 24.5 Å². The number of ketones is 2. The van der Waals surface area contributed by atoms with Gasteiger partial charge in [-0.25, -0.2) is 0 Å². The first-order valence-corrected chi connectivity index (χ1v) is 11.9. The molecule has 35 heavy (non-hydrogen) atoms. The number of anilines is 3. The molecule has 0 spiro atoms. The highest BCUT2D eigenvalue weighted by Gasteiger charge is 2.36. The predicted octanol–water partition coefficient (Wildman–Crippen LogP) is 4.83. The summed E-state index contributed by atoms with van der Waals surface area (Å²) in [6.45, 7) is 0. The van der Waals surface area contributed by atoms with Crippen molar-refractivity contribution in [1.82, 2.24) is 0 Å². The van der Waals surface area contributed by atoms with Gasteiger partial charge in [-0.3, -0.25) is 14.1 Å². The maximum absolute atomic E-state index is 13.4. The molecule has 0 aliphatic heterocycles. The van der Waals surface area contributed by atoms with Crippen molar-refractivity contribution in [3.63, 3.8) is 0 Å². The topological polar surface area (TPSA) is 136 Å². The lowest BCUT2D eigenvalue weighted by atomic mass is 9.82. The highest BCUT2D eigenvalue weighted by Crippen LogP contribution is 2.40. The van der Waals surface area contributed by atoms with E-state index in [9.17, 15) is 22.6 Å². The third kappa shape index (κ3) is 4.03. The summed E-state index contributed by atoms with van der Waals surface area (Å²) in [5, 5.41) is 3.00. The Morgan fingerprint density at radius 1 is 0.743 bits per heavy atom. The molecule has 0 fully saturated rings. The monoisotopic (exact) mass is 486 g/mol. The number of hydrogen-bond donors (Lipinski definition) is 3. The molecule has 174 valence electrons. The number of rotatable bonds is 5. The molecule has 4 aromatic rings. The van der Waals surface area contributed by atoms with E-state index in [0.717, 1.165) is 6.07 Å². The van der Waals surface area contributed by atoms with Gasteiger partial charge < -0.3 is 15.8 Å². The van der Waals surface area contributed by atoms with E-state index in [1.165, 1.54) is 12.1 Å². The first kappa shape index (κ1) is 22.3. The Morgan fingerprint density at radius 2 is 1.34 bits per heavy atom. The molecule has 1 aliphatic carbocycles. The molecule has 0 saturated heterocycles. The van der Waals surface area contributed by atoms with E-state index in [0.29, 0.717) is 17.2 Å². The fourth-order valence-electron chi connectivity index (χ4n) is 4.02. The van der Waals surface area contributed by atoms with Crippen molar-refractivity contribution in [2.24, 2.45) is 0 Å². The van der Waals surface area contributed by atoms with Gasteiger partial charge in [-0.15, -0.1) is 0 Å². The number of para-hydroxylation sites is 1. The largest absolute Gasteiger partial charge is 0.457 e. The smallest absolute Gasteiger partial charge is 0.296 e. The van der Waals surface area contributed by atoms with E-state index in [1.807, 2.05) is 18.2 Å². The number of fused-ring (bicyclic) bond motifs is 2. The van der Waals surface area contributed by atoms with Gasteiger partial charge >= 0.3 is 0 Å². The zero-order chi connectivity index (χ0) is 24.7. The maximum atomic E-state index is 13.4. The molecule has 9 heteroatoms. The number of benzene rings is 4. The van der Waals surface area contributed by atoms with Gasteiger partial charge in [-0.2, -0.15) is 8.42 Å². The minimum absolute atomic E-state index is 0.00605. The third-order valence-corrected chi connectivity index (χ3v) is 6.46. The van der Waals surface area contributed by atoms with Crippen molar-refractivity contribution in [3.05, 3.63) is 107 Å². The van der Waals surface area contributed by atoms with Crippen molar-refractivity contribution >= 4 is 38.7 Å². The highest BCUT2D eigenvalue weighted by molar-refractivity contribution is 7.86. The standard InChI is InChI=1S/C26H18N2O6S/c27-24-21(35(31,32)33)14-20(22-23(24)26(30)19-12-5-4-11-18(19)25(22)29)28-15-7-6-10-17(13-15)34-16-8-2-1-3-9-16/h1-14,28H,27H2,(H,31,32,33). The van der Waals surface area contributed by atoms with Gasteiger partial charge in [0.25, 0.3) is 10.1 Å². The van der Waals surface area contributed by atoms with Gasteiger partial charge in [-0.1, -0.05) is 48.5 Å². The van der Waals surface area contributed by atoms with Crippen molar-refractivity contribution in [2.75, 3.05) is 11.1 Å². The Hall–Kier alpha value is -4.47. The predicted molar refractivity (Wildman–Crippen MR) is 130 cm³/mol. The van der Waals surface area contributed by atoms with E-state index in [-0.39, 0.29) is 27.9 Å². The van der Waals surface area contributed by atoms with Crippen LogP contribution in [-0.2, 0) is 10.1 Å². The first-order valence-electron chi connectivity index (χ1n) is 10.5. The molecule has 0 amide bonds. The summed E-state index contributed by atoms with van der Waals surface area (Å²) in [7, 11) is -4.80. The molecular weight excluding hydrogens is 468 g/mol. The molecule has 4 N–H and O–H groups in total. The molecule has 0 aromatic heterocycles. The zero-order valence-corrected chi connectivity index (χ0v) is 18.9. The molecule has 4 aromatic carbocycles. The summed E-state index contributed by atoms with van der Waals surface area (Å²) in [4.78, 5) is 26.0. The summed E-state index contributed by atoms with van der Waals surface area (Å²) >= 11 is 0. The van der Waals surface area contributed by atoms with E-state index >= 15 is 0 Å². The lowest BCUT2D eigenvalue weighted by molar-refractivity contribution is 0.0980. The van der Waals surface area contributed by atoms with Crippen LogP contribution >= 0.6 is 0 Å². The van der Waals surface area contributed by atoms with Crippen molar-refractivity contribution in [2.45, 2.75) is 4.90 Å². The van der Waals surface area contributed by atoms with Crippen LogP contribution < -0.4 is 15.8 Å². The Bertz CT molecular complexity index is 1610. The van der Waals surface area contributed by atoms with Gasteiger partial charge in [0.1, 0.15) is 16.4 Å². The average molecular weight is 487 g/mol. The second kappa shape index (κ2) is 8.39. The molecule has 5 rings (SSSR count). The molecule has 1 aliphatic rings. The number of hydrogen-bond acceptors (Lipinski definition) is 7. The zero-order valence-electron chi connectivity index (χ0n) is 18.1. The van der Waals surface area contributed by atoms with Gasteiger partial charge in [0.15, 0.2) is 11.6 Å². The lowest BCUT2D eigenvalue weighted by Crippen LogP contribution is -2.25. The maximum Gasteiger partial charge on any atom is 0.296 e. The Morgan fingerprint density at radius 3 is 2.00 bits per heavy atom. The van der Waals surface area contributed by atoms with Crippen molar-refractivity contribution < 1.29 is 27.3 Å². The fraction of sp³-hybridized carbons (Fsp3) is 0. The van der Waals surface area contributed by atoms with Gasteiger partial charge in [0.2, 0.25) is 0 Å². The van der Waals surface area contributed by atoms with Gasteiger partial charge in [-0.05, 0) is 30.3 Å².